The molecule has 3 aromatic carbocycles. The molecular formula is C29H24Cl2N6O2. The number of carbonyl (C=O) groups is 1. The first-order chi connectivity index (χ1) is 18.9. The van der Waals surface area contributed by atoms with Gasteiger partial charge in [-0.25, -0.2) is 0 Å². The van der Waals surface area contributed by atoms with Gasteiger partial charge in [-0.3, -0.25) is 9.89 Å². The van der Waals surface area contributed by atoms with E-state index in [9.17, 15) is 9.90 Å². The average Bonchev–Trinajstić information content (AvgIpc) is 3.41. The quantitative estimate of drug-likeness (QED) is 0.263. The van der Waals surface area contributed by atoms with Crippen molar-refractivity contribution in [1.29, 1.82) is 0 Å². The summed E-state index contributed by atoms with van der Waals surface area (Å²) in [5.41, 5.74) is 4.51. The number of phenols is 1. The summed E-state index contributed by atoms with van der Waals surface area (Å²) in [6.45, 7) is 7.88. The average molecular weight is 559 g/mol. The summed E-state index contributed by atoms with van der Waals surface area (Å²) < 4.78 is 0. The number of H-pyrrole nitrogens is 1. The highest BCUT2D eigenvalue weighted by Crippen LogP contribution is 2.45. The summed E-state index contributed by atoms with van der Waals surface area (Å²) in [4.78, 5) is 16.0. The van der Waals surface area contributed by atoms with Crippen molar-refractivity contribution < 1.29 is 9.90 Å². The zero-order valence-corrected chi connectivity index (χ0v) is 22.6. The lowest BCUT2D eigenvalue weighted by Crippen LogP contribution is -2.48. The number of hydrogen-bond donors (Lipinski definition) is 2. The molecule has 0 aliphatic carbocycles. The maximum Gasteiger partial charge on any atom is 0.246 e. The Morgan fingerprint density at radius 1 is 1.00 bits per heavy atom. The molecule has 2 N–H and O–H groups in total. The fraction of sp³-hybridized carbons (Fsp3) is 0.172. The molecule has 5 aromatic rings. The third kappa shape index (κ3) is 4.26. The van der Waals surface area contributed by atoms with Crippen molar-refractivity contribution in [1.82, 2.24) is 25.3 Å². The molecule has 0 spiro atoms. The van der Waals surface area contributed by atoms with E-state index in [-0.39, 0.29) is 11.7 Å². The Hall–Kier alpha value is -4.14. The molecule has 1 amide bonds. The van der Waals surface area contributed by atoms with Gasteiger partial charge >= 0.3 is 0 Å². The van der Waals surface area contributed by atoms with E-state index in [0.29, 0.717) is 58.9 Å². The van der Waals surface area contributed by atoms with E-state index in [1.54, 1.807) is 29.3 Å². The summed E-state index contributed by atoms with van der Waals surface area (Å²) in [5.74, 6) is 0.619. The minimum Gasteiger partial charge on any atom is -0.507 e. The molecule has 0 saturated carbocycles. The monoisotopic (exact) mass is 558 g/mol. The number of aromatic hydroxyl groups is 1. The van der Waals surface area contributed by atoms with Gasteiger partial charge in [0.15, 0.2) is 5.82 Å². The van der Waals surface area contributed by atoms with Crippen molar-refractivity contribution in [3.63, 3.8) is 0 Å². The molecule has 3 heterocycles. The van der Waals surface area contributed by atoms with Crippen molar-refractivity contribution in [3.8, 4) is 28.1 Å². The molecule has 196 valence electrons. The van der Waals surface area contributed by atoms with Crippen molar-refractivity contribution in [2.75, 3.05) is 31.1 Å². The van der Waals surface area contributed by atoms with Gasteiger partial charge in [-0.1, -0.05) is 41.9 Å². The van der Waals surface area contributed by atoms with Crippen LogP contribution in [-0.4, -0.2) is 62.5 Å². The number of piperazine rings is 1. The van der Waals surface area contributed by atoms with Crippen LogP contribution >= 0.6 is 23.2 Å². The van der Waals surface area contributed by atoms with Gasteiger partial charge in [0, 0.05) is 64.1 Å². The van der Waals surface area contributed by atoms with Gasteiger partial charge < -0.3 is 14.9 Å². The van der Waals surface area contributed by atoms with Gasteiger partial charge in [0.2, 0.25) is 5.91 Å². The molecule has 1 aliphatic rings. The third-order valence-corrected chi connectivity index (χ3v) is 7.87. The number of aromatic amines is 1. The second-order valence-electron chi connectivity index (χ2n) is 9.49. The molecule has 8 nitrogen and oxygen atoms in total. The first-order valence-corrected chi connectivity index (χ1v) is 13.2. The second-order valence-corrected chi connectivity index (χ2v) is 10.3. The predicted octanol–water partition coefficient (Wildman–Crippen LogP) is 6.00. The molecule has 39 heavy (non-hydrogen) atoms. The van der Waals surface area contributed by atoms with Crippen LogP contribution in [0.1, 0.15) is 5.56 Å². The number of carbonyl (C=O) groups excluding carboxylic acids is 1. The maximum absolute atomic E-state index is 12.1. The van der Waals surface area contributed by atoms with Crippen LogP contribution in [0.2, 0.25) is 10.0 Å². The van der Waals surface area contributed by atoms with E-state index in [1.807, 2.05) is 31.2 Å². The molecular weight excluding hydrogens is 535 g/mol. The van der Waals surface area contributed by atoms with Gasteiger partial charge in [-0.15, -0.1) is 10.2 Å². The van der Waals surface area contributed by atoms with Crippen LogP contribution in [0.4, 0.5) is 5.82 Å². The minimum atomic E-state index is -0.0862. The van der Waals surface area contributed by atoms with Crippen molar-refractivity contribution in [2.24, 2.45) is 0 Å². The first-order valence-electron chi connectivity index (χ1n) is 12.4. The Labute approximate surface area is 234 Å². The minimum absolute atomic E-state index is 0.0312. The van der Waals surface area contributed by atoms with E-state index in [1.165, 1.54) is 6.08 Å². The smallest absolute Gasteiger partial charge is 0.246 e. The van der Waals surface area contributed by atoms with Gasteiger partial charge in [0.05, 0.1) is 16.7 Å². The van der Waals surface area contributed by atoms with Crippen molar-refractivity contribution >= 4 is 56.6 Å². The van der Waals surface area contributed by atoms with Gasteiger partial charge in [-0.2, -0.15) is 5.10 Å². The molecule has 0 unspecified atom stereocenters. The Balaban J connectivity index is 1.59. The van der Waals surface area contributed by atoms with Crippen molar-refractivity contribution in [2.45, 2.75) is 6.92 Å². The molecule has 1 fully saturated rings. The lowest BCUT2D eigenvalue weighted by Gasteiger charge is -2.35. The number of phenolic OH excluding ortho intramolecular Hbond substituents is 1. The predicted molar refractivity (Wildman–Crippen MR) is 155 cm³/mol. The highest BCUT2D eigenvalue weighted by molar-refractivity contribution is 6.37. The third-order valence-electron chi connectivity index (χ3n) is 7.24. The number of anilines is 1. The zero-order valence-electron chi connectivity index (χ0n) is 21.1. The van der Waals surface area contributed by atoms with Crippen LogP contribution < -0.4 is 4.90 Å². The van der Waals surface area contributed by atoms with Crippen LogP contribution in [0, 0.1) is 6.92 Å². The standard InChI is InChI=1S/C29H24Cl2N6O2/c1-3-25(39)36-9-11-37(12-10-36)29-18-14-22(31)19(27-21(30)5-4-6-24(27)38)13-17(18)28(34-35-29)26-16(2)7-8-23-20(26)15-32-33-23/h3-8,13-15,38H,1,9-12H2,2H3,(H,32,33). The molecule has 2 aromatic heterocycles. The summed E-state index contributed by atoms with van der Waals surface area (Å²) in [6.07, 6.45) is 3.12. The Bertz CT molecular complexity index is 1760. The van der Waals surface area contributed by atoms with E-state index >= 15 is 0 Å². The molecule has 0 bridgehead atoms. The van der Waals surface area contributed by atoms with Crippen LogP contribution in [0.15, 0.2) is 61.3 Å². The van der Waals surface area contributed by atoms with E-state index in [2.05, 4.69) is 21.7 Å². The molecule has 1 aliphatic heterocycles. The molecule has 0 radical (unpaired) electrons. The van der Waals surface area contributed by atoms with Crippen LogP contribution in [0.5, 0.6) is 5.75 Å². The Morgan fingerprint density at radius 3 is 2.54 bits per heavy atom. The largest absolute Gasteiger partial charge is 0.507 e. The zero-order chi connectivity index (χ0) is 27.3. The van der Waals surface area contributed by atoms with Gasteiger partial charge in [-0.05, 0) is 48.9 Å². The van der Waals surface area contributed by atoms with Gasteiger partial charge in [0.25, 0.3) is 0 Å². The highest BCUT2D eigenvalue weighted by Gasteiger charge is 2.25. The molecule has 6 rings (SSSR count). The number of nitrogens with one attached hydrogen (secondary N) is 1. The normalized spacial score (nSPS) is 13.8. The first kappa shape index (κ1) is 25.2. The van der Waals surface area contributed by atoms with Crippen LogP contribution in [0.25, 0.3) is 44.1 Å². The highest BCUT2D eigenvalue weighted by atomic mass is 35.5. The number of rotatable bonds is 4. The molecule has 10 heteroatoms. The number of hydrogen-bond acceptors (Lipinski definition) is 6. The lowest BCUT2D eigenvalue weighted by molar-refractivity contribution is -0.126. The van der Waals surface area contributed by atoms with Crippen LogP contribution in [-0.2, 0) is 4.79 Å². The lowest BCUT2D eigenvalue weighted by atomic mass is 9.94. The second kappa shape index (κ2) is 9.87. The molecule has 1 saturated heterocycles. The summed E-state index contributed by atoms with van der Waals surface area (Å²) in [7, 11) is 0. The van der Waals surface area contributed by atoms with Gasteiger partial charge in [0.1, 0.15) is 11.4 Å². The number of fused-ring (bicyclic) bond motifs is 2. The summed E-state index contributed by atoms with van der Waals surface area (Å²) >= 11 is 13.4. The number of aromatic nitrogens is 4. The number of nitrogens with zero attached hydrogens (tertiary/aromatic N) is 5. The summed E-state index contributed by atoms with van der Waals surface area (Å²) in [5, 5.41) is 30.8. The van der Waals surface area contributed by atoms with E-state index in [0.717, 1.165) is 32.8 Å². The number of aryl methyl sites for hydroxylation is 1. The Morgan fingerprint density at radius 2 is 1.79 bits per heavy atom. The Kier molecular flexibility index (Phi) is 6.37. The van der Waals surface area contributed by atoms with Crippen molar-refractivity contribution in [3.05, 3.63) is 76.9 Å². The maximum atomic E-state index is 12.1. The molecule has 0 atom stereocenters. The number of benzene rings is 3. The topological polar surface area (TPSA) is 98.2 Å². The van der Waals surface area contributed by atoms with Crippen LogP contribution in [0.3, 0.4) is 0 Å². The number of halogens is 2. The summed E-state index contributed by atoms with van der Waals surface area (Å²) in [6, 6.07) is 12.8. The fourth-order valence-electron chi connectivity index (χ4n) is 5.26. The fourth-order valence-corrected chi connectivity index (χ4v) is 5.79. The van der Waals surface area contributed by atoms with E-state index in [4.69, 9.17) is 33.4 Å². The SMILES string of the molecule is C=CC(=O)N1CCN(c2nnc(-c3c(C)ccc4[nH]ncc34)c3cc(-c4c(O)cccc4Cl)c(Cl)cc23)CC1. The number of amides is 1. The van der Waals surface area contributed by atoms with E-state index < -0.39 is 0 Å².